The highest BCUT2D eigenvalue weighted by molar-refractivity contribution is 7.99. The van der Waals surface area contributed by atoms with Gasteiger partial charge in [-0.25, -0.2) is 0 Å². The third-order valence-corrected chi connectivity index (χ3v) is 5.65. The van der Waals surface area contributed by atoms with E-state index < -0.39 is 12.0 Å². The molecule has 7 heteroatoms. The van der Waals surface area contributed by atoms with Crippen LogP contribution in [0.15, 0.2) is 17.5 Å². The van der Waals surface area contributed by atoms with Crippen molar-refractivity contribution in [1.29, 1.82) is 0 Å². The van der Waals surface area contributed by atoms with Gasteiger partial charge in [0.2, 0.25) is 5.91 Å². The average Bonchev–Trinajstić information content (AvgIpc) is 2.99. The molecule has 0 aromatic carbocycles. The van der Waals surface area contributed by atoms with Crippen LogP contribution in [0.25, 0.3) is 0 Å². The summed E-state index contributed by atoms with van der Waals surface area (Å²) in [6.45, 7) is 4.20. The second-order valence-corrected chi connectivity index (χ2v) is 7.02. The molecule has 1 atom stereocenters. The minimum atomic E-state index is -0.804. The van der Waals surface area contributed by atoms with Gasteiger partial charge in [-0.2, -0.15) is 0 Å². The number of piperazine rings is 1. The number of hydrogen-bond acceptors (Lipinski definition) is 5. The number of carboxylic acids is 1. The maximum absolute atomic E-state index is 12.1. The van der Waals surface area contributed by atoms with E-state index in [0.29, 0.717) is 31.9 Å². The van der Waals surface area contributed by atoms with Gasteiger partial charge in [-0.1, -0.05) is 6.07 Å². The van der Waals surface area contributed by atoms with E-state index in [4.69, 9.17) is 5.11 Å². The Morgan fingerprint density at radius 3 is 2.67 bits per heavy atom. The second kappa shape index (κ2) is 7.82. The maximum atomic E-state index is 12.1. The summed E-state index contributed by atoms with van der Waals surface area (Å²) in [5.41, 5.74) is 0. The van der Waals surface area contributed by atoms with Crippen LogP contribution in [-0.4, -0.2) is 64.8 Å². The SMILES string of the molecule is CC(C(=O)O)N1CCN(C(=O)CSCc2cccs2)CC1. The first kappa shape index (κ1) is 16.3. The van der Waals surface area contributed by atoms with Gasteiger partial charge < -0.3 is 10.0 Å². The third-order valence-electron chi connectivity index (χ3n) is 3.62. The zero-order valence-corrected chi connectivity index (χ0v) is 13.7. The first-order valence-corrected chi connectivity index (χ1v) is 8.96. The first-order chi connectivity index (χ1) is 10.1. The molecule has 21 heavy (non-hydrogen) atoms. The Hall–Kier alpha value is -1.05. The third kappa shape index (κ3) is 4.72. The number of amides is 1. The summed E-state index contributed by atoms with van der Waals surface area (Å²) in [4.78, 5) is 28.1. The zero-order valence-electron chi connectivity index (χ0n) is 12.0. The fourth-order valence-electron chi connectivity index (χ4n) is 2.24. The van der Waals surface area contributed by atoms with Gasteiger partial charge in [0.05, 0.1) is 5.75 Å². The highest BCUT2D eigenvalue weighted by atomic mass is 32.2. The van der Waals surface area contributed by atoms with Crippen molar-refractivity contribution in [3.63, 3.8) is 0 Å². The molecule has 0 bridgehead atoms. The number of carbonyl (C=O) groups excluding carboxylic acids is 1. The van der Waals surface area contributed by atoms with E-state index in [1.54, 1.807) is 30.0 Å². The topological polar surface area (TPSA) is 60.9 Å². The highest BCUT2D eigenvalue weighted by Gasteiger charge is 2.26. The number of nitrogens with zero attached hydrogens (tertiary/aromatic N) is 2. The van der Waals surface area contributed by atoms with E-state index in [9.17, 15) is 9.59 Å². The predicted octanol–water partition coefficient (Wildman–Crippen LogP) is 1.60. The van der Waals surface area contributed by atoms with Gasteiger partial charge in [0, 0.05) is 36.8 Å². The average molecular weight is 328 g/mol. The van der Waals surface area contributed by atoms with Crippen molar-refractivity contribution in [3.05, 3.63) is 22.4 Å². The summed E-state index contributed by atoms with van der Waals surface area (Å²) in [5.74, 6) is 0.715. The molecule has 1 fully saturated rings. The van der Waals surface area contributed by atoms with Crippen LogP contribution in [0.3, 0.4) is 0 Å². The van der Waals surface area contributed by atoms with Crippen LogP contribution in [0.2, 0.25) is 0 Å². The molecule has 1 saturated heterocycles. The van der Waals surface area contributed by atoms with Crippen molar-refractivity contribution in [2.24, 2.45) is 0 Å². The number of rotatable bonds is 6. The van der Waals surface area contributed by atoms with Crippen molar-refractivity contribution < 1.29 is 14.7 Å². The van der Waals surface area contributed by atoms with E-state index in [0.717, 1.165) is 5.75 Å². The summed E-state index contributed by atoms with van der Waals surface area (Å²) >= 11 is 3.34. The molecule has 5 nitrogen and oxygen atoms in total. The molecular weight excluding hydrogens is 308 g/mol. The molecule has 1 unspecified atom stereocenters. The Balaban J connectivity index is 1.69. The van der Waals surface area contributed by atoms with Gasteiger partial charge in [-0.3, -0.25) is 14.5 Å². The van der Waals surface area contributed by atoms with E-state index in [2.05, 4.69) is 6.07 Å². The molecule has 116 valence electrons. The lowest BCUT2D eigenvalue weighted by Gasteiger charge is -2.36. The minimum Gasteiger partial charge on any atom is -0.480 e. The van der Waals surface area contributed by atoms with Crippen molar-refractivity contribution in [3.8, 4) is 0 Å². The molecule has 2 rings (SSSR count). The number of thioether (sulfide) groups is 1. The van der Waals surface area contributed by atoms with Crippen LogP contribution in [0.1, 0.15) is 11.8 Å². The highest BCUT2D eigenvalue weighted by Crippen LogP contribution is 2.17. The predicted molar refractivity (Wildman–Crippen MR) is 85.7 cm³/mol. The number of carbonyl (C=O) groups is 2. The summed E-state index contributed by atoms with van der Waals surface area (Å²) in [7, 11) is 0. The van der Waals surface area contributed by atoms with Crippen molar-refractivity contribution in [2.45, 2.75) is 18.7 Å². The van der Waals surface area contributed by atoms with Gasteiger partial charge >= 0.3 is 5.97 Å². The van der Waals surface area contributed by atoms with Gasteiger partial charge in [-0.15, -0.1) is 23.1 Å². The Morgan fingerprint density at radius 2 is 2.10 bits per heavy atom. The number of carboxylic acid groups (broad SMARTS) is 1. The lowest BCUT2D eigenvalue weighted by molar-refractivity contribution is -0.143. The molecule has 1 aromatic rings. The fraction of sp³-hybridized carbons (Fsp3) is 0.571. The van der Waals surface area contributed by atoms with Crippen LogP contribution in [0.4, 0.5) is 0 Å². The van der Waals surface area contributed by atoms with E-state index in [1.165, 1.54) is 4.88 Å². The van der Waals surface area contributed by atoms with Crippen LogP contribution >= 0.6 is 23.1 Å². The molecule has 0 spiro atoms. The second-order valence-electron chi connectivity index (χ2n) is 5.00. The molecule has 1 amide bonds. The van der Waals surface area contributed by atoms with Crippen LogP contribution in [0, 0.1) is 0 Å². The zero-order chi connectivity index (χ0) is 15.2. The molecule has 1 aliphatic rings. The Labute approximate surface area is 132 Å². The molecule has 1 aromatic heterocycles. The Kier molecular flexibility index (Phi) is 6.08. The molecular formula is C14H20N2O3S2. The standard InChI is InChI=1S/C14H20N2O3S2/c1-11(14(18)19)15-4-6-16(7-5-15)13(17)10-20-9-12-3-2-8-21-12/h2-3,8,11H,4-7,9-10H2,1H3,(H,18,19). The molecule has 1 aliphatic heterocycles. The van der Waals surface area contributed by atoms with Crippen LogP contribution < -0.4 is 0 Å². The van der Waals surface area contributed by atoms with Crippen molar-refractivity contribution in [1.82, 2.24) is 9.80 Å². The quantitative estimate of drug-likeness (QED) is 0.859. The summed E-state index contributed by atoms with van der Waals surface area (Å²) in [6, 6.07) is 3.62. The number of hydrogen-bond donors (Lipinski definition) is 1. The smallest absolute Gasteiger partial charge is 0.320 e. The molecule has 0 saturated carbocycles. The first-order valence-electron chi connectivity index (χ1n) is 6.92. The molecule has 2 heterocycles. The molecule has 0 radical (unpaired) electrons. The van der Waals surface area contributed by atoms with E-state index in [1.807, 2.05) is 21.2 Å². The normalized spacial score (nSPS) is 17.7. The lowest BCUT2D eigenvalue weighted by Crippen LogP contribution is -2.53. The van der Waals surface area contributed by atoms with Crippen LogP contribution in [0.5, 0.6) is 0 Å². The maximum Gasteiger partial charge on any atom is 0.320 e. The summed E-state index contributed by atoms with van der Waals surface area (Å²) in [5, 5.41) is 11.0. The number of aliphatic carboxylic acids is 1. The number of thiophene rings is 1. The van der Waals surface area contributed by atoms with Gasteiger partial charge in [-0.05, 0) is 18.4 Å². The molecule has 0 aliphatic carbocycles. The fourth-order valence-corrected chi connectivity index (χ4v) is 4.01. The largest absolute Gasteiger partial charge is 0.480 e. The van der Waals surface area contributed by atoms with Gasteiger partial charge in [0.15, 0.2) is 0 Å². The van der Waals surface area contributed by atoms with Crippen molar-refractivity contribution >= 4 is 35.0 Å². The summed E-state index contributed by atoms with van der Waals surface area (Å²) < 4.78 is 0. The van der Waals surface area contributed by atoms with Gasteiger partial charge in [0.25, 0.3) is 0 Å². The minimum absolute atomic E-state index is 0.152. The lowest BCUT2D eigenvalue weighted by atomic mass is 10.2. The van der Waals surface area contributed by atoms with E-state index in [-0.39, 0.29) is 5.91 Å². The van der Waals surface area contributed by atoms with Crippen molar-refractivity contribution in [2.75, 3.05) is 31.9 Å². The summed E-state index contributed by atoms with van der Waals surface area (Å²) in [6.07, 6.45) is 0. The van der Waals surface area contributed by atoms with Gasteiger partial charge in [0.1, 0.15) is 6.04 Å². The van der Waals surface area contributed by atoms with E-state index >= 15 is 0 Å². The monoisotopic (exact) mass is 328 g/mol. The Morgan fingerprint density at radius 1 is 1.38 bits per heavy atom. The molecule has 1 N–H and O–H groups in total. The Bertz CT molecular complexity index is 471. The van der Waals surface area contributed by atoms with Crippen LogP contribution in [-0.2, 0) is 15.3 Å².